The second kappa shape index (κ2) is 6.75. The normalized spacial score (nSPS) is 11.0. The van der Waals surface area contributed by atoms with Crippen molar-refractivity contribution in [3.8, 4) is 11.3 Å². The average Bonchev–Trinajstić information content (AvgIpc) is 3.04. The van der Waals surface area contributed by atoms with Crippen molar-refractivity contribution in [3.05, 3.63) is 76.5 Å². The molecule has 0 aliphatic heterocycles. The van der Waals surface area contributed by atoms with Crippen LogP contribution in [0, 0.1) is 0 Å². The highest BCUT2D eigenvalue weighted by Crippen LogP contribution is 2.28. The van der Waals surface area contributed by atoms with Crippen LogP contribution in [-0.2, 0) is 6.54 Å². The first-order valence-corrected chi connectivity index (χ1v) is 8.53. The Morgan fingerprint density at radius 1 is 1.04 bits per heavy atom. The summed E-state index contributed by atoms with van der Waals surface area (Å²) in [4.78, 5) is 12.1. The molecule has 0 spiro atoms. The number of halogens is 2. The second-order valence-electron chi connectivity index (χ2n) is 5.64. The molecular formula is C19H18Cl2N4. The largest absolute Gasteiger partial charge is 0.366 e. The molecule has 3 aromatic heterocycles. The van der Waals surface area contributed by atoms with Gasteiger partial charge in [0.1, 0.15) is 11.5 Å². The second-order valence-corrected chi connectivity index (χ2v) is 6.51. The first kappa shape index (κ1) is 15.9. The molecule has 4 nitrogen and oxygen atoms in total. The summed E-state index contributed by atoms with van der Waals surface area (Å²) in [6.45, 7) is 0.675. The molecule has 0 atom stereocenters. The molecule has 6 heteroatoms. The van der Waals surface area contributed by atoms with Gasteiger partial charge >= 0.3 is 0 Å². The lowest BCUT2D eigenvalue weighted by Gasteiger charge is -2.07. The highest BCUT2D eigenvalue weighted by atomic mass is 35.5. The Morgan fingerprint density at radius 3 is 2.72 bits per heavy atom. The van der Waals surface area contributed by atoms with Gasteiger partial charge in [-0.25, -0.2) is 9.97 Å². The number of nitrogens with zero attached hydrogens (tertiary/aromatic N) is 2. The molecule has 3 heterocycles. The molecule has 0 saturated heterocycles. The van der Waals surface area contributed by atoms with Crippen molar-refractivity contribution in [2.45, 2.75) is 6.54 Å². The van der Waals surface area contributed by atoms with Crippen molar-refractivity contribution in [2.24, 2.45) is 0 Å². The molecule has 128 valence electrons. The first-order chi connectivity index (χ1) is 12.2. The summed E-state index contributed by atoms with van der Waals surface area (Å²) >= 11 is 12.0. The van der Waals surface area contributed by atoms with E-state index >= 15 is 0 Å². The van der Waals surface area contributed by atoms with E-state index in [1.54, 1.807) is 6.20 Å². The number of aromatic nitrogens is 3. The number of hydrogen-bond acceptors (Lipinski definition) is 3. The van der Waals surface area contributed by atoms with Crippen molar-refractivity contribution in [1.29, 1.82) is 0 Å². The van der Waals surface area contributed by atoms with E-state index in [1.165, 1.54) is 0 Å². The van der Waals surface area contributed by atoms with Crippen molar-refractivity contribution < 1.29 is 2.85 Å². The summed E-state index contributed by atoms with van der Waals surface area (Å²) in [6.07, 6.45) is 3.53. The van der Waals surface area contributed by atoms with E-state index in [1.807, 2.05) is 54.7 Å². The van der Waals surface area contributed by atoms with Gasteiger partial charge in [0.2, 0.25) is 0 Å². The predicted molar refractivity (Wildman–Crippen MR) is 107 cm³/mol. The third-order valence-corrected chi connectivity index (χ3v) is 4.37. The molecule has 0 aliphatic rings. The number of benzene rings is 1. The zero-order chi connectivity index (χ0) is 17.2. The lowest BCUT2D eigenvalue weighted by atomic mass is 10.1. The molecule has 0 unspecified atom stereocenters. The first-order valence-electron chi connectivity index (χ1n) is 7.77. The summed E-state index contributed by atoms with van der Waals surface area (Å²) in [7, 11) is 0. The molecule has 1 aromatic carbocycles. The van der Waals surface area contributed by atoms with Gasteiger partial charge < -0.3 is 10.3 Å². The maximum Gasteiger partial charge on any atom is 0.138 e. The Bertz CT molecular complexity index is 1040. The maximum atomic E-state index is 6.08. The van der Waals surface area contributed by atoms with Crippen molar-refractivity contribution in [3.63, 3.8) is 0 Å². The maximum absolute atomic E-state index is 6.08. The molecular weight excluding hydrogens is 355 g/mol. The number of anilines is 1. The zero-order valence-electron chi connectivity index (χ0n) is 13.1. The van der Waals surface area contributed by atoms with Crippen LogP contribution in [0.2, 0.25) is 10.0 Å². The molecule has 0 fully saturated rings. The average molecular weight is 373 g/mol. The molecule has 2 N–H and O–H groups in total. The Kier molecular flexibility index (Phi) is 4.30. The summed E-state index contributed by atoms with van der Waals surface area (Å²) in [5.41, 5.74) is 3.76. The van der Waals surface area contributed by atoms with Crippen LogP contribution in [0.3, 0.4) is 0 Å². The van der Waals surface area contributed by atoms with Gasteiger partial charge in [0, 0.05) is 37.8 Å². The molecule has 4 aromatic rings. The van der Waals surface area contributed by atoms with E-state index in [9.17, 15) is 0 Å². The minimum Gasteiger partial charge on any atom is -0.366 e. The summed E-state index contributed by atoms with van der Waals surface area (Å²) in [5.74, 6) is 0.803. The monoisotopic (exact) mass is 372 g/mol. The quantitative estimate of drug-likeness (QED) is 0.459. The molecule has 0 radical (unpaired) electrons. The van der Waals surface area contributed by atoms with Crippen LogP contribution >= 0.6 is 23.2 Å². The van der Waals surface area contributed by atoms with Crippen LogP contribution in [0.25, 0.3) is 22.3 Å². The molecule has 0 saturated carbocycles. The number of aromatic amines is 1. The third kappa shape index (κ3) is 3.45. The third-order valence-electron chi connectivity index (χ3n) is 3.91. The number of nitrogens with one attached hydrogen (secondary N) is 2. The Morgan fingerprint density at radius 2 is 1.88 bits per heavy atom. The fraction of sp³-hybridized carbons (Fsp3) is 0.0526. The van der Waals surface area contributed by atoms with Crippen LogP contribution in [0.1, 0.15) is 8.42 Å². The van der Waals surface area contributed by atoms with E-state index in [0.717, 1.165) is 38.7 Å². The number of hydrogen-bond donors (Lipinski definition) is 2. The number of H-pyrrole nitrogens is 1. The fourth-order valence-corrected chi connectivity index (χ4v) is 2.95. The Hall–Kier alpha value is -2.56. The Balaban J connectivity index is 0.00000131. The molecule has 0 amide bonds. The van der Waals surface area contributed by atoms with Gasteiger partial charge in [-0.1, -0.05) is 41.4 Å². The molecule has 0 aliphatic carbocycles. The lowest BCUT2D eigenvalue weighted by molar-refractivity contribution is 1.11. The van der Waals surface area contributed by atoms with Crippen molar-refractivity contribution in [1.82, 2.24) is 15.0 Å². The highest BCUT2D eigenvalue weighted by Gasteiger charge is 2.09. The predicted octanol–water partition coefficient (Wildman–Crippen LogP) is 6.04. The van der Waals surface area contributed by atoms with Gasteiger partial charge in [-0.15, -0.1) is 0 Å². The minimum absolute atomic E-state index is 0. The van der Waals surface area contributed by atoms with Gasteiger partial charge in [-0.2, -0.15) is 0 Å². The minimum atomic E-state index is 0. The topological polar surface area (TPSA) is 53.6 Å². The summed E-state index contributed by atoms with van der Waals surface area (Å²) in [6, 6.07) is 15.5. The van der Waals surface area contributed by atoms with Crippen molar-refractivity contribution in [2.75, 3.05) is 5.32 Å². The van der Waals surface area contributed by atoms with E-state index in [4.69, 9.17) is 28.2 Å². The molecule has 4 rings (SSSR count). The van der Waals surface area contributed by atoms with Gasteiger partial charge in [0.25, 0.3) is 0 Å². The van der Waals surface area contributed by atoms with Gasteiger partial charge in [0.15, 0.2) is 0 Å². The van der Waals surface area contributed by atoms with Crippen LogP contribution in [0.5, 0.6) is 0 Å². The number of fused-ring (bicyclic) bond motifs is 1. The number of pyridine rings is 2. The van der Waals surface area contributed by atoms with Crippen molar-refractivity contribution >= 4 is 40.1 Å². The van der Waals surface area contributed by atoms with E-state index in [-0.39, 0.29) is 2.85 Å². The van der Waals surface area contributed by atoms with Crippen LogP contribution in [-0.4, -0.2) is 15.0 Å². The van der Waals surface area contributed by atoms with Crippen LogP contribution < -0.4 is 5.32 Å². The van der Waals surface area contributed by atoms with Gasteiger partial charge in [-0.05, 0) is 35.9 Å². The van der Waals surface area contributed by atoms with E-state index in [0.29, 0.717) is 11.6 Å². The summed E-state index contributed by atoms with van der Waals surface area (Å²) < 4.78 is 0. The highest BCUT2D eigenvalue weighted by molar-refractivity contribution is 6.31. The standard InChI is InChI=1S/C19H14Cl2N4.2H2/c20-13-6-4-12(5-7-13)9-22-18-3-1-2-17(25-18)16-11-24-19-15(16)8-14(21)10-23-19;;/h1-8,10-11H,9H2,(H,22,25)(H,23,24);2*1H. The lowest BCUT2D eigenvalue weighted by Crippen LogP contribution is -2.01. The van der Waals surface area contributed by atoms with Gasteiger partial charge in [0.05, 0.1) is 10.7 Å². The molecule has 0 bridgehead atoms. The molecule has 25 heavy (non-hydrogen) atoms. The van der Waals surface area contributed by atoms with Crippen LogP contribution in [0.15, 0.2) is 60.9 Å². The van der Waals surface area contributed by atoms with Gasteiger partial charge in [-0.3, -0.25) is 0 Å². The number of rotatable bonds is 4. The Labute approximate surface area is 157 Å². The van der Waals surface area contributed by atoms with Crippen LogP contribution in [0.4, 0.5) is 5.82 Å². The summed E-state index contributed by atoms with van der Waals surface area (Å²) in [5, 5.41) is 5.62. The fourth-order valence-electron chi connectivity index (χ4n) is 2.67. The zero-order valence-corrected chi connectivity index (χ0v) is 14.6. The smallest absolute Gasteiger partial charge is 0.138 e. The van der Waals surface area contributed by atoms with E-state index in [2.05, 4.69) is 15.3 Å². The SMILES string of the molecule is Clc1ccc(CNc2cccc(-c3c[nH]c4ncc(Cl)cc34)n2)cc1.[HH].[HH]. The van der Waals surface area contributed by atoms with E-state index < -0.39 is 0 Å².